The average Bonchev–Trinajstić information content (AvgIpc) is 3.46. The molecule has 5 saturated carbocycles. The second-order valence-corrected chi connectivity index (χ2v) is 25.4. The average molecular weight is 817 g/mol. The highest BCUT2D eigenvalue weighted by molar-refractivity contribution is 7.91. The summed E-state index contributed by atoms with van der Waals surface area (Å²) in [7, 11) is -3.01. The first-order chi connectivity index (χ1) is 26.1. The summed E-state index contributed by atoms with van der Waals surface area (Å²) >= 11 is 0. The summed E-state index contributed by atoms with van der Waals surface area (Å²) in [6.07, 6.45) is 10.4. The molecule has 0 unspecified atom stereocenters. The summed E-state index contributed by atoms with van der Waals surface area (Å²) in [5, 5.41) is 15.2. The van der Waals surface area contributed by atoms with E-state index in [9.17, 15) is 23.1 Å². The van der Waals surface area contributed by atoms with Gasteiger partial charge < -0.3 is 19.9 Å². The summed E-state index contributed by atoms with van der Waals surface area (Å²) in [6.45, 7) is 32.0. The van der Waals surface area contributed by atoms with Gasteiger partial charge in [0.2, 0.25) is 0 Å². The van der Waals surface area contributed by atoms with Crippen LogP contribution in [0.2, 0.25) is 0 Å². The Morgan fingerprint density at radius 2 is 1.53 bits per heavy atom. The Bertz CT molecular complexity index is 1650. The molecular weight excluding hydrogens is 737 g/mol. The number of rotatable bonds is 10. The van der Waals surface area contributed by atoms with Gasteiger partial charge in [0, 0.05) is 36.6 Å². The van der Waals surface area contributed by atoms with Crippen LogP contribution in [0.15, 0.2) is 12.2 Å². The predicted molar refractivity (Wildman–Crippen MR) is 227 cm³/mol. The molecule has 12 atom stereocenters. The molecule has 0 spiro atoms. The maximum Gasteiger partial charge on any atom is 0.312 e. The van der Waals surface area contributed by atoms with Crippen molar-refractivity contribution in [2.24, 2.45) is 56.7 Å². The number of nitrogens with zero attached hydrogens (tertiary/aromatic N) is 1. The number of aliphatic hydroxyl groups is 1. The van der Waals surface area contributed by atoms with Crippen LogP contribution in [0.3, 0.4) is 0 Å². The highest BCUT2D eigenvalue weighted by Gasteiger charge is 2.71. The van der Waals surface area contributed by atoms with Crippen LogP contribution in [0.25, 0.3) is 0 Å². The number of nitrogens with one attached hydrogen (secondary N) is 1. The van der Waals surface area contributed by atoms with E-state index < -0.39 is 27.0 Å². The normalized spacial score (nSPS) is 41.4. The molecule has 0 bridgehead atoms. The number of carbonyl (C=O) groups excluding carboxylic acids is 2. The van der Waals surface area contributed by atoms with Crippen molar-refractivity contribution >= 4 is 21.8 Å². The minimum atomic E-state index is -3.01. The Hall–Kier alpha value is -1.49. The fourth-order valence-corrected chi connectivity index (χ4v) is 15.9. The number of aliphatic hydroxyl groups excluding tert-OH is 1. The van der Waals surface area contributed by atoms with Crippen LogP contribution in [0, 0.1) is 56.7 Å². The first kappa shape index (κ1) is 45.0. The highest BCUT2D eigenvalue weighted by atomic mass is 32.2. The van der Waals surface area contributed by atoms with Gasteiger partial charge in [-0.25, -0.2) is 8.42 Å². The summed E-state index contributed by atoms with van der Waals surface area (Å²) in [6, 6.07) is -0.120. The van der Waals surface area contributed by atoms with Crippen molar-refractivity contribution < 1.29 is 32.6 Å². The Kier molecular flexibility index (Phi) is 12.0. The van der Waals surface area contributed by atoms with Gasteiger partial charge in [0.25, 0.3) is 0 Å². The van der Waals surface area contributed by atoms with Gasteiger partial charge in [-0.3, -0.25) is 14.5 Å². The lowest BCUT2D eigenvalue weighted by Gasteiger charge is -2.73. The van der Waals surface area contributed by atoms with Crippen molar-refractivity contribution in [1.82, 2.24) is 10.2 Å². The molecule has 0 aromatic rings. The Balaban J connectivity index is 1.20. The fourth-order valence-electron chi connectivity index (χ4n) is 14.7. The van der Waals surface area contributed by atoms with Gasteiger partial charge in [-0.05, 0) is 159 Å². The molecule has 5 aliphatic carbocycles. The zero-order valence-corrected chi connectivity index (χ0v) is 38.7. The van der Waals surface area contributed by atoms with Gasteiger partial charge in [0.05, 0.1) is 29.4 Å². The predicted octanol–water partition coefficient (Wildman–Crippen LogP) is 8.14. The molecule has 0 aromatic carbocycles. The third-order valence-corrected chi connectivity index (χ3v) is 19.5. The lowest BCUT2D eigenvalue weighted by atomic mass is 9.32. The van der Waals surface area contributed by atoms with Gasteiger partial charge >= 0.3 is 11.9 Å². The summed E-state index contributed by atoms with van der Waals surface area (Å²) in [5.74, 6) is 2.15. The molecule has 1 heterocycles. The number of hydrogen-bond acceptors (Lipinski definition) is 9. The van der Waals surface area contributed by atoms with Crippen molar-refractivity contribution in [2.75, 3.05) is 31.1 Å². The lowest BCUT2D eigenvalue weighted by molar-refractivity contribution is -0.246. The molecule has 1 saturated heterocycles. The van der Waals surface area contributed by atoms with Crippen molar-refractivity contribution in [2.45, 2.75) is 183 Å². The van der Waals surface area contributed by atoms with E-state index in [0.717, 1.165) is 38.5 Å². The van der Waals surface area contributed by atoms with Crippen LogP contribution in [0.1, 0.15) is 154 Å². The quantitative estimate of drug-likeness (QED) is 0.166. The van der Waals surface area contributed by atoms with Crippen LogP contribution in [0.4, 0.5) is 0 Å². The lowest BCUT2D eigenvalue weighted by Crippen LogP contribution is -2.69. The molecule has 0 aromatic heterocycles. The second-order valence-electron chi connectivity index (χ2n) is 23.1. The van der Waals surface area contributed by atoms with Crippen LogP contribution in [-0.4, -0.2) is 90.9 Å². The topological polar surface area (TPSA) is 122 Å². The van der Waals surface area contributed by atoms with Gasteiger partial charge in [0.1, 0.15) is 11.7 Å². The van der Waals surface area contributed by atoms with E-state index in [0.29, 0.717) is 49.2 Å². The molecule has 0 radical (unpaired) electrons. The molecule has 6 fully saturated rings. The monoisotopic (exact) mass is 817 g/mol. The molecule has 2 N–H and O–H groups in total. The molecule has 1 aliphatic heterocycles. The minimum absolute atomic E-state index is 0.00181. The van der Waals surface area contributed by atoms with E-state index in [1.807, 2.05) is 27.7 Å². The highest BCUT2D eigenvalue weighted by Crippen LogP contribution is 2.76. The number of fused-ring (bicyclic) bond motifs is 7. The van der Waals surface area contributed by atoms with Crippen molar-refractivity contribution in [3.8, 4) is 0 Å². The molecule has 6 aliphatic rings. The van der Waals surface area contributed by atoms with Crippen molar-refractivity contribution in [1.29, 1.82) is 0 Å². The van der Waals surface area contributed by atoms with E-state index in [1.54, 1.807) is 13.8 Å². The van der Waals surface area contributed by atoms with E-state index in [2.05, 4.69) is 58.3 Å². The third-order valence-electron chi connectivity index (χ3n) is 17.9. The summed E-state index contributed by atoms with van der Waals surface area (Å²) in [5.41, 5.74) is -0.0246. The van der Waals surface area contributed by atoms with E-state index in [1.165, 1.54) is 31.3 Å². The number of ether oxygens (including phenoxy) is 2. The number of sulfone groups is 1. The maximum absolute atomic E-state index is 13.5. The smallest absolute Gasteiger partial charge is 0.312 e. The summed E-state index contributed by atoms with van der Waals surface area (Å²) < 4.78 is 36.5. The van der Waals surface area contributed by atoms with Gasteiger partial charge in [-0.15, -0.1) is 0 Å². The number of carbonyl (C=O) groups is 2. The van der Waals surface area contributed by atoms with Crippen LogP contribution < -0.4 is 5.32 Å². The Labute approximate surface area is 346 Å². The van der Waals surface area contributed by atoms with Gasteiger partial charge in [-0.2, -0.15) is 0 Å². The molecule has 57 heavy (non-hydrogen) atoms. The minimum Gasteiger partial charge on any atom is -0.462 e. The first-order valence-corrected chi connectivity index (χ1v) is 24.4. The molecule has 0 amide bonds. The maximum atomic E-state index is 13.5. The van der Waals surface area contributed by atoms with Crippen LogP contribution in [-0.2, 0) is 28.9 Å². The van der Waals surface area contributed by atoms with Gasteiger partial charge in [0.15, 0.2) is 9.84 Å². The number of esters is 2. The fraction of sp³-hybridized carbons (Fsp3) is 0.915. The van der Waals surface area contributed by atoms with Crippen LogP contribution in [0.5, 0.6) is 0 Å². The SMILES string of the molecule is C=C(C)[C@@H]1CC[C@]2(NC[C@H]([C@@H](C)O)N3CCS(=O)(=O)CC3)CC[C@]3(C)[C@H](CC[C@@H]4[C@@]5(C)CC[C@H](OC(=O)CC(C)(C)C(=O)OC(C)(C)C)C(C)(C)[C@@H]5CC[C@]43C)[C@@H]12. The largest absolute Gasteiger partial charge is 0.462 e. The van der Waals surface area contributed by atoms with Crippen molar-refractivity contribution in [3.63, 3.8) is 0 Å². The molecule has 326 valence electrons. The van der Waals surface area contributed by atoms with Crippen molar-refractivity contribution in [3.05, 3.63) is 12.2 Å². The number of allylic oxidation sites excluding steroid dienone is 1. The Morgan fingerprint density at radius 1 is 0.877 bits per heavy atom. The van der Waals surface area contributed by atoms with E-state index in [-0.39, 0.29) is 69.2 Å². The van der Waals surface area contributed by atoms with E-state index in [4.69, 9.17) is 9.47 Å². The van der Waals surface area contributed by atoms with Gasteiger partial charge in [-0.1, -0.05) is 46.8 Å². The third kappa shape index (κ3) is 7.95. The molecule has 10 heteroatoms. The zero-order valence-electron chi connectivity index (χ0n) is 37.9. The molecule has 9 nitrogen and oxygen atoms in total. The van der Waals surface area contributed by atoms with E-state index >= 15 is 0 Å². The zero-order chi connectivity index (χ0) is 42.4. The summed E-state index contributed by atoms with van der Waals surface area (Å²) in [4.78, 5) is 28.7. The molecular formula is C47H80N2O7S. The number of hydrogen-bond donors (Lipinski definition) is 2. The van der Waals surface area contributed by atoms with Crippen LogP contribution >= 0.6 is 0 Å². The first-order valence-electron chi connectivity index (χ1n) is 22.6. The molecule has 6 rings (SSSR count). The Morgan fingerprint density at radius 3 is 2.12 bits per heavy atom. The standard InChI is InChI=1S/C47H80N2O7S/c1-30(2)32-16-21-47(48-29-34(31(3)50)49-24-26-57(53,54)27-25-49)23-22-45(12)33(39(32)47)14-15-36-44(11)19-18-37(43(9,10)35(44)17-20-46(36,45)13)55-38(51)28-42(7,8)40(52)56-41(4,5)6/h31-37,39,48,50H,1,14-29H2,2-13H3/t31-,32+,33-,34-,35+,36-,37+,39-,44+,45-,46-,47+/m1/s1. The second kappa shape index (κ2) is 15.1.